The maximum atomic E-state index is 2.44. The molecule has 0 nitrogen and oxygen atoms in total. The van der Waals surface area contributed by atoms with Crippen LogP contribution in [0.3, 0.4) is 0 Å². The molecule has 0 aliphatic rings. The van der Waals surface area contributed by atoms with E-state index in [0.29, 0.717) is 5.41 Å². The lowest BCUT2D eigenvalue weighted by molar-refractivity contribution is 0.140. The van der Waals surface area contributed by atoms with E-state index in [0.717, 1.165) is 17.8 Å². The van der Waals surface area contributed by atoms with E-state index in [1.807, 2.05) is 0 Å². The molecule has 0 rings (SSSR count). The van der Waals surface area contributed by atoms with Gasteiger partial charge in [-0.2, -0.15) is 0 Å². The molecule has 0 aromatic rings. The first kappa shape index (κ1) is 15.0. The lowest BCUT2D eigenvalue weighted by Gasteiger charge is -2.36. The molecule has 3 unspecified atom stereocenters. The fourth-order valence-corrected chi connectivity index (χ4v) is 2.54. The minimum Gasteiger partial charge on any atom is -0.0654 e. The Hall–Kier alpha value is 0. The molecule has 0 amide bonds. The van der Waals surface area contributed by atoms with Gasteiger partial charge in [-0.15, -0.1) is 0 Å². The summed E-state index contributed by atoms with van der Waals surface area (Å²) in [4.78, 5) is 0. The van der Waals surface area contributed by atoms with Crippen LogP contribution >= 0.6 is 0 Å². The normalized spacial score (nSPS) is 18.6. The molecule has 0 spiro atoms. The Kier molecular flexibility index (Phi) is 6.55. The van der Waals surface area contributed by atoms with Gasteiger partial charge in [-0.05, 0) is 29.6 Å². The maximum absolute atomic E-state index is 2.44. The van der Waals surface area contributed by atoms with Crippen LogP contribution < -0.4 is 0 Å². The highest BCUT2D eigenvalue weighted by atomic mass is 14.3. The summed E-state index contributed by atoms with van der Waals surface area (Å²) in [7, 11) is 0. The Morgan fingerprint density at radius 1 is 1.00 bits per heavy atom. The van der Waals surface area contributed by atoms with Crippen LogP contribution in [-0.2, 0) is 0 Å². The molecule has 0 heteroatoms. The third-order valence-electron chi connectivity index (χ3n) is 4.55. The Morgan fingerprint density at radius 3 is 1.93 bits per heavy atom. The van der Waals surface area contributed by atoms with Crippen LogP contribution in [-0.4, -0.2) is 0 Å². The SMILES string of the molecule is CCCC(C)CC(C)C(C)C(C)(C)CC. The van der Waals surface area contributed by atoms with Crippen molar-refractivity contribution in [1.29, 1.82) is 0 Å². The number of hydrogen-bond acceptors (Lipinski definition) is 0. The van der Waals surface area contributed by atoms with Crippen LogP contribution in [0, 0.1) is 23.2 Å². The molecule has 0 heterocycles. The summed E-state index contributed by atoms with van der Waals surface area (Å²) in [6.45, 7) is 16.7. The van der Waals surface area contributed by atoms with Crippen molar-refractivity contribution in [2.45, 2.75) is 74.1 Å². The molecule has 0 fully saturated rings. The standard InChI is InChI=1S/C15H32/c1-8-10-12(3)11-13(4)14(5)15(6,7)9-2/h12-14H,8-11H2,1-7H3. The van der Waals surface area contributed by atoms with E-state index in [2.05, 4.69) is 48.5 Å². The molecule has 0 saturated carbocycles. The summed E-state index contributed by atoms with van der Waals surface area (Å²) in [6, 6.07) is 0. The first-order valence-electron chi connectivity index (χ1n) is 6.85. The fraction of sp³-hybridized carbons (Fsp3) is 1.00. The zero-order valence-electron chi connectivity index (χ0n) is 12.1. The molecule has 0 saturated heterocycles. The highest BCUT2D eigenvalue weighted by molar-refractivity contribution is 4.78. The van der Waals surface area contributed by atoms with Crippen molar-refractivity contribution < 1.29 is 0 Å². The van der Waals surface area contributed by atoms with Crippen molar-refractivity contribution in [2.24, 2.45) is 23.2 Å². The maximum Gasteiger partial charge on any atom is -0.0329 e. The summed E-state index contributed by atoms with van der Waals surface area (Å²) >= 11 is 0. The van der Waals surface area contributed by atoms with E-state index in [1.54, 1.807) is 0 Å². The Balaban J connectivity index is 4.14. The Bertz CT molecular complexity index is 157. The molecule has 0 aromatic heterocycles. The van der Waals surface area contributed by atoms with Gasteiger partial charge in [0, 0.05) is 0 Å². The van der Waals surface area contributed by atoms with Crippen molar-refractivity contribution in [3.8, 4) is 0 Å². The Morgan fingerprint density at radius 2 is 1.53 bits per heavy atom. The average molecular weight is 212 g/mol. The molecular formula is C15H32. The van der Waals surface area contributed by atoms with Gasteiger partial charge in [0.2, 0.25) is 0 Å². The first-order chi connectivity index (χ1) is 6.85. The third kappa shape index (κ3) is 5.04. The first-order valence-corrected chi connectivity index (χ1v) is 6.85. The minimum absolute atomic E-state index is 0.505. The second-order valence-corrected chi connectivity index (χ2v) is 6.24. The predicted molar refractivity (Wildman–Crippen MR) is 71.1 cm³/mol. The second kappa shape index (κ2) is 6.55. The fourth-order valence-electron chi connectivity index (χ4n) is 2.54. The van der Waals surface area contributed by atoms with Crippen LogP contribution in [0.4, 0.5) is 0 Å². The van der Waals surface area contributed by atoms with E-state index in [4.69, 9.17) is 0 Å². The van der Waals surface area contributed by atoms with Gasteiger partial charge in [0.05, 0.1) is 0 Å². The van der Waals surface area contributed by atoms with Crippen molar-refractivity contribution in [3.63, 3.8) is 0 Å². The van der Waals surface area contributed by atoms with E-state index in [1.165, 1.54) is 25.7 Å². The van der Waals surface area contributed by atoms with Crippen LogP contribution in [0.5, 0.6) is 0 Å². The molecule has 0 aliphatic heterocycles. The van der Waals surface area contributed by atoms with Crippen LogP contribution in [0.2, 0.25) is 0 Å². The van der Waals surface area contributed by atoms with Crippen molar-refractivity contribution in [2.75, 3.05) is 0 Å². The van der Waals surface area contributed by atoms with Gasteiger partial charge < -0.3 is 0 Å². The topological polar surface area (TPSA) is 0 Å². The molecule has 3 atom stereocenters. The Labute approximate surface area is 97.8 Å². The molecule has 0 radical (unpaired) electrons. The minimum atomic E-state index is 0.505. The van der Waals surface area contributed by atoms with E-state index in [9.17, 15) is 0 Å². The van der Waals surface area contributed by atoms with Gasteiger partial charge in [-0.1, -0.05) is 67.7 Å². The summed E-state index contributed by atoms with van der Waals surface area (Å²) in [6.07, 6.45) is 5.42. The average Bonchev–Trinajstić information content (AvgIpc) is 2.16. The highest BCUT2D eigenvalue weighted by Crippen LogP contribution is 2.37. The van der Waals surface area contributed by atoms with E-state index in [-0.39, 0.29) is 0 Å². The van der Waals surface area contributed by atoms with Crippen molar-refractivity contribution in [1.82, 2.24) is 0 Å². The van der Waals surface area contributed by atoms with Gasteiger partial charge in [-0.3, -0.25) is 0 Å². The van der Waals surface area contributed by atoms with E-state index < -0.39 is 0 Å². The largest absolute Gasteiger partial charge is 0.0654 e. The van der Waals surface area contributed by atoms with Gasteiger partial charge in [0.1, 0.15) is 0 Å². The van der Waals surface area contributed by atoms with Gasteiger partial charge >= 0.3 is 0 Å². The zero-order valence-corrected chi connectivity index (χ0v) is 12.1. The smallest absolute Gasteiger partial charge is 0.0329 e. The number of rotatable bonds is 7. The quantitative estimate of drug-likeness (QED) is 0.521. The second-order valence-electron chi connectivity index (χ2n) is 6.24. The summed E-state index contributed by atoms with van der Waals surface area (Å²) < 4.78 is 0. The van der Waals surface area contributed by atoms with E-state index >= 15 is 0 Å². The molecule has 0 N–H and O–H groups in total. The molecule has 15 heavy (non-hydrogen) atoms. The van der Waals surface area contributed by atoms with Crippen molar-refractivity contribution >= 4 is 0 Å². The summed E-state index contributed by atoms with van der Waals surface area (Å²) in [5.41, 5.74) is 0.505. The number of hydrogen-bond donors (Lipinski definition) is 0. The summed E-state index contributed by atoms with van der Waals surface area (Å²) in [5.74, 6) is 2.60. The lowest BCUT2D eigenvalue weighted by Crippen LogP contribution is -2.27. The van der Waals surface area contributed by atoms with Gasteiger partial charge in [0.15, 0.2) is 0 Å². The molecule has 0 aliphatic carbocycles. The van der Waals surface area contributed by atoms with Crippen molar-refractivity contribution in [3.05, 3.63) is 0 Å². The third-order valence-corrected chi connectivity index (χ3v) is 4.55. The monoisotopic (exact) mass is 212 g/mol. The molecule has 0 bridgehead atoms. The van der Waals surface area contributed by atoms with Crippen LogP contribution in [0.15, 0.2) is 0 Å². The molecular weight excluding hydrogens is 180 g/mol. The zero-order chi connectivity index (χ0) is 12.1. The summed E-state index contributed by atoms with van der Waals surface area (Å²) in [5, 5.41) is 0. The lowest BCUT2D eigenvalue weighted by atomic mass is 9.70. The molecule has 92 valence electrons. The van der Waals surface area contributed by atoms with Crippen LogP contribution in [0.25, 0.3) is 0 Å². The van der Waals surface area contributed by atoms with Crippen LogP contribution in [0.1, 0.15) is 74.1 Å². The molecule has 0 aromatic carbocycles. The van der Waals surface area contributed by atoms with Gasteiger partial charge in [0.25, 0.3) is 0 Å². The highest BCUT2D eigenvalue weighted by Gasteiger charge is 2.28. The van der Waals surface area contributed by atoms with Gasteiger partial charge in [-0.25, -0.2) is 0 Å². The predicted octanol–water partition coefficient (Wildman–Crippen LogP) is 5.52.